The van der Waals surface area contributed by atoms with Gasteiger partial charge in [0.2, 0.25) is 0 Å². The van der Waals surface area contributed by atoms with Crippen LogP contribution in [-0.4, -0.2) is 23.3 Å². The maximum Gasteiger partial charge on any atom is 0.357 e. The first-order chi connectivity index (χ1) is 13.9. The highest BCUT2D eigenvalue weighted by Gasteiger charge is 2.37. The van der Waals surface area contributed by atoms with E-state index in [1.165, 1.54) is 23.5 Å². The Kier molecular flexibility index (Phi) is 7.32. The Morgan fingerprint density at radius 3 is 2.55 bits per heavy atom. The van der Waals surface area contributed by atoms with Gasteiger partial charge in [0.25, 0.3) is 0 Å². The summed E-state index contributed by atoms with van der Waals surface area (Å²) in [4.78, 5) is 4.39. The van der Waals surface area contributed by atoms with Crippen molar-refractivity contribution in [2.75, 3.05) is 18.5 Å². The van der Waals surface area contributed by atoms with Crippen molar-refractivity contribution < 1.29 is 18.0 Å². The largest absolute Gasteiger partial charge is 0.357 e. The first-order valence-electron chi connectivity index (χ1n) is 9.02. The molecule has 2 N–H and O–H groups in total. The van der Waals surface area contributed by atoms with Crippen molar-refractivity contribution in [2.24, 2.45) is 0 Å². The molecule has 3 aromatic rings. The molecule has 0 aliphatic rings. The second-order valence-corrected chi connectivity index (χ2v) is 9.47. The highest BCUT2D eigenvalue weighted by molar-refractivity contribution is 7.80. The minimum atomic E-state index is -3.55. The van der Waals surface area contributed by atoms with Gasteiger partial charge in [0, 0.05) is 0 Å². The van der Waals surface area contributed by atoms with E-state index in [1.807, 2.05) is 30.3 Å². The van der Waals surface area contributed by atoms with Gasteiger partial charge in [-0.15, -0.1) is 0 Å². The maximum absolute atomic E-state index is 13.4. The number of fused-ring (bicyclic) bond motifs is 1. The molecule has 0 bridgehead atoms. The highest BCUT2D eigenvalue weighted by atomic mass is 32.1. The average Bonchev–Trinajstić information content (AvgIpc) is 3.08. The smallest absolute Gasteiger partial charge is 0.345 e. The molecule has 3 rings (SSSR count). The Bertz CT molecular complexity index is 1020. The monoisotopic (exact) mass is 453 g/mol. The summed E-state index contributed by atoms with van der Waals surface area (Å²) in [5.74, 6) is -1.12. The van der Waals surface area contributed by atoms with Gasteiger partial charge in [-0.25, -0.2) is 9.37 Å². The lowest BCUT2D eigenvalue weighted by Crippen LogP contribution is -2.33. The van der Waals surface area contributed by atoms with Crippen molar-refractivity contribution in [3.8, 4) is 0 Å². The lowest BCUT2D eigenvalue weighted by Gasteiger charge is -2.28. The Hall–Kier alpha value is -1.90. The molecule has 6 nitrogen and oxygen atoms in total. The average molecular weight is 454 g/mol. The number of hydrogen-bond donors (Lipinski definition) is 2. The van der Waals surface area contributed by atoms with Crippen LogP contribution in [0.4, 0.5) is 9.52 Å². The summed E-state index contributed by atoms with van der Waals surface area (Å²) in [5.41, 5.74) is 1.38. The van der Waals surface area contributed by atoms with Crippen LogP contribution in [-0.2, 0) is 13.6 Å². The molecule has 10 heteroatoms. The second-order valence-electron chi connectivity index (χ2n) is 5.92. The summed E-state index contributed by atoms with van der Waals surface area (Å²) in [6.45, 7) is 3.97. The number of halogens is 1. The molecule has 0 saturated heterocycles. The van der Waals surface area contributed by atoms with E-state index in [9.17, 15) is 8.96 Å². The molecule has 29 heavy (non-hydrogen) atoms. The van der Waals surface area contributed by atoms with Crippen molar-refractivity contribution >= 4 is 51.6 Å². The van der Waals surface area contributed by atoms with Gasteiger partial charge in [0.1, 0.15) is 5.82 Å². The molecular formula is C19H21FN3O3PS2. The fourth-order valence-corrected chi connectivity index (χ4v) is 5.91. The number of thiocarbonyl (C=S) groups is 1. The van der Waals surface area contributed by atoms with E-state index in [4.69, 9.17) is 21.3 Å². The predicted octanol–water partition coefficient (Wildman–Crippen LogP) is 5.69. The summed E-state index contributed by atoms with van der Waals surface area (Å²) in [6, 6.07) is 13.6. The molecule has 1 heterocycles. The molecule has 0 spiro atoms. The van der Waals surface area contributed by atoms with E-state index in [0.29, 0.717) is 20.9 Å². The summed E-state index contributed by atoms with van der Waals surface area (Å²) in [6.07, 6.45) is 0. The van der Waals surface area contributed by atoms with Crippen molar-refractivity contribution in [2.45, 2.75) is 19.6 Å². The van der Waals surface area contributed by atoms with Crippen LogP contribution in [0.15, 0.2) is 48.5 Å². The van der Waals surface area contributed by atoms with E-state index in [1.54, 1.807) is 19.9 Å². The quantitative estimate of drug-likeness (QED) is 0.335. The van der Waals surface area contributed by atoms with E-state index in [-0.39, 0.29) is 24.1 Å². The number of rotatable bonds is 8. The zero-order valence-corrected chi connectivity index (χ0v) is 18.5. The number of nitrogens with one attached hydrogen (secondary N) is 2. The fourth-order valence-electron chi connectivity index (χ4n) is 2.74. The summed E-state index contributed by atoms with van der Waals surface area (Å²) in [5, 5.41) is 6.73. The summed E-state index contributed by atoms with van der Waals surface area (Å²) < 4.78 is 38.6. The molecule has 1 unspecified atom stereocenters. The van der Waals surface area contributed by atoms with Crippen LogP contribution in [0.1, 0.15) is 25.2 Å². The van der Waals surface area contributed by atoms with Crippen molar-refractivity contribution in [1.82, 2.24) is 10.3 Å². The minimum Gasteiger partial charge on any atom is -0.345 e. The van der Waals surface area contributed by atoms with Crippen LogP contribution in [0.3, 0.4) is 0 Å². The molecule has 1 aromatic heterocycles. The molecule has 0 fully saturated rings. The standard InChI is InChI=1S/C19H21FN3O3PS2/c1-3-25-27(24,26-4-2)17(13-8-6-5-7-9-13)22-18(28)23-19-21-15-11-10-14(20)12-16(15)29-19/h5-12,17H,3-4H2,1-2H3,(H2,21,22,23,28). The fraction of sp³-hybridized carbons (Fsp3) is 0.263. The molecule has 0 aliphatic heterocycles. The van der Waals surface area contributed by atoms with Gasteiger partial charge in [-0.3, -0.25) is 4.57 Å². The van der Waals surface area contributed by atoms with Gasteiger partial charge >= 0.3 is 7.60 Å². The van der Waals surface area contributed by atoms with Crippen LogP contribution in [0.5, 0.6) is 0 Å². The molecule has 1 atom stereocenters. The van der Waals surface area contributed by atoms with Crippen LogP contribution < -0.4 is 10.6 Å². The summed E-state index contributed by atoms with van der Waals surface area (Å²) in [7, 11) is -3.55. The molecule has 0 saturated carbocycles. The van der Waals surface area contributed by atoms with Crippen LogP contribution >= 0.6 is 31.2 Å². The molecule has 0 amide bonds. The lowest BCUT2D eigenvalue weighted by molar-refractivity contribution is 0.210. The van der Waals surface area contributed by atoms with Crippen LogP contribution in [0.2, 0.25) is 0 Å². The zero-order chi connectivity index (χ0) is 20.9. The van der Waals surface area contributed by atoms with Gasteiger partial charge < -0.3 is 19.7 Å². The van der Waals surface area contributed by atoms with Crippen molar-refractivity contribution in [3.63, 3.8) is 0 Å². The molecule has 0 aliphatic carbocycles. The molecule has 154 valence electrons. The number of anilines is 1. The number of aromatic nitrogens is 1. The molecule has 0 radical (unpaired) electrons. The van der Waals surface area contributed by atoms with E-state index < -0.39 is 13.4 Å². The topological polar surface area (TPSA) is 72.5 Å². The SMILES string of the molecule is CCOP(=O)(OCC)C(NC(=S)Nc1nc2ccc(F)cc2s1)c1ccccc1. The van der Waals surface area contributed by atoms with Gasteiger partial charge in [-0.1, -0.05) is 41.7 Å². The van der Waals surface area contributed by atoms with E-state index in [2.05, 4.69) is 15.6 Å². The Balaban J connectivity index is 1.84. The summed E-state index contributed by atoms with van der Waals surface area (Å²) >= 11 is 6.69. The van der Waals surface area contributed by atoms with Gasteiger partial charge in [-0.2, -0.15) is 0 Å². The Morgan fingerprint density at radius 1 is 1.21 bits per heavy atom. The van der Waals surface area contributed by atoms with Gasteiger partial charge in [0.05, 0.1) is 23.4 Å². The Morgan fingerprint density at radius 2 is 1.90 bits per heavy atom. The minimum absolute atomic E-state index is 0.206. The number of thiazole rings is 1. The molecular weight excluding hydrogens is 432 g/mol. The number of benzene rings is 2. The third-order valence-corrected chi connectivity index (χ3v) is 7.34. The predicted molar refractivity (Wildman–Crippen MR) is 119 cm³/mol. The van der Waals surface area contributed by atoms with E-state index >= 15 is 0 Å². The first-order valence-corrected chi connectivity index (χ1v) is 11.9. The van der Waals surface area contributed by atoms with Crippen molar-refractivity contribution in [3.05, 3.63) is 59.9 Å². The Labute approximate surface area is 178 Å². The zero-order valence-electron chi connectivity index (χ0n) is 15.9. The lowest BCUT2D eigenvalue weighted by atomic mass is 10.2. The van der Waals surface area contributed by atoms with Crippen LogP contribution in [0.25, 0.3) is 10.2 Å². The second kappa shape index (κ2) is 9.73. The normalized spacial score (nSPS) is 12.7. The van der Waals surface area contributed by atoms with Gasteiger partial charge in [0.15, 0.2) is 16.0 Å². The third kappa shape index (κ3) is 5.38. The third-order valence-electron chi connectivity index (χ3n) is 3.89. The highest BCUT2D eigenvalue weighted by Crippen LogP contribution is 2.59. The number of nitrogens with zero attached hydrogens (tertiary/aromatic N) is 1. The molecule has 2 aromatic carbocycles. The number of hydrogen-bond acceptors (Lipinski definition) is 6. The maximum atomic E-state index is 13.4. The van der Waals surface area contributed by atoms with Crippen molar-refractivity contribution in [1.29, 1.82) is 0 Å². The van der Waals surface area contributed by atoms with E-state index in [0.717, 1.165) is 0 Å². The first kappa shape index (κ1) is 21.8. The van der Waals surface area contributed by atoms with Gasteiger partial charge in [-0.05, 0) is 49.8 Å². The van der Waals surface area contributed by atoms with Crippen LogP contribution in [0, 0.1) is 5.82 Å².